The number of nitrogens with zero attached hydrogens (tertiary/aromatic N) is 1. The van der Waals surface area contributed by atoms with E-state index in [1.807, 2.05) is 0 Å². The Labute approximate surface area is 105 Å². The average Bonchev–Trinajstić information content (AvgIpc) is 2.30. The highest BCUT2D eigenvalue weighted by Gasteiger charge is 2.12. The maximum Gasteiger partial charge on any atom is 0.268 e. The number of aliphatic hydroxyl groups is 1. The Bertz CT molecular complexity index is 489. The van der Waals surface area contributed by atoms with Gasteiger partial charge in [-0.05, 0) is 18.2 Å². The van der Waals surface area contributed by atoms with E-state index in [1.165, 1.54) is 23.2 Å². The summed E-state index contributed by atoms with van der Waals surface area (Å²) in [5.74, 6) is 4.34. The molecule has 0 atom stereocenters. The second-order valence-corrected chi connectivity index (χ2v) is 3.81. The highest BCUT2D eigenvalue weighted by molar-refractivity contribution is 5.94. The van der Waals surface area contributed by atoms with Crippen LogP contribution in [0.3, 0.4) is 0 Å². The molecule has 1 aromatic rings. The van der Waals surface area contributed by atoms with Crippen molar-refractivity contribution in [3.63, 3.8) is 0 Å². The van der Waals surface area contributed by atoms with Crippen LogP contribution < -0.4 is 5.43 Å². The fraction of sp³-hybridized carbons (Fsp3) is 0.308. The van der Waals surface area contributed by atoms with Crippen molar-refractivity contribution in [3.8, 4) is 11.8 Å². The zero-order valence-electron chi connectivity index (χ0n) is 10.3. The van der Waals surface area contributed by atoms with Gasteiger partial charge < -0.3 is 5.11 Å². The molecule has 5 heteroatoms. The van der Waals surface area contributed by atoms with Gasteiger partial charge in [-0.1, -0.05) is 11.8 Å². The lowest BCUT2D eigenvalue weighted by atomic mass is 10.1. The summed E-state index contributed by atoms with van der Waals surface area (Å²) in [7, 11) is 3.28. The largest absolute Gasteiger partial charge is 0.395 e. The Morgan fingerprint density at radius 2 is 2.22 bits per heavy atom. The maximum atomic E-state index is 13.5. The van der Waals surface area contributed by atoms with E-state index in [2.05, 4.69) is 17.3 Å². The van der Waals surface area contributed by atoms with Gasteiger partial charge in [-0.15, -0.1) is 0 Å². The van der Waals surface area contributed by atoms with Crippen LogP contribution in [0.2, 0.25) is 0 Å². The first-order chi connectivity index (χ1) is 8.54. The van der Waals surface area contributed by atoms with E-state index in [4.69, 9.17) is 5.11 Å². The van der Waals surface area contributed by atoms with Gasteiger partial charge in [-0.3, -0.25) is 10.2 Å². The standard InChI is InChI=1S/C13H15FN2O2/c1-16(2)15-13(18)11-9-10(5-3-4-8-17)6-7-12(11)14/h6-7,9,17H,4,8H2,1-2H3,(H,15,18). The molecular formula is C13H15FN2O2. The predicted molar refractivity (Wildman–Crippen MR) is 66.1 cm³/mol. The van der Waals surface area contributed by atoms with Crippen molar-refractivity contribution in [3.05, 3.63) is 35.1 Å². The highest BCUT2D eigenvalue weighted by atomic mass is 19.1. The Hall–Kier alpha value is -1.90. The molecule has 0 saturated heterocycles. The fourth-order valence-electron chi connectivity index (χ4n) is 1.26. The van der Waals surface area contributed by atoms with Crippen molar-refractivity contribution in [1.29, 1.82) is 0 Å². The lowest BCUT2D eigenvalue weighted by Gasteiger charge is -2.12. The molecule has 1 amide bonds. The predicted octanol–water partition coefficient (Wildman–Crippen LogP) is 0.766. The van der Waals surface area contributed by atoms with Gasteiger partial charge in [-0.2, -0.15) is 0 Å². The van der Waals surface area contributed by atoms with Crippen LogP contribution in [-0.4, -0.2) is 36.7 Å². The van der Waals surface area contributed by atoms with Crippen LogP contribution in [0, 0.1) is 17.7 Å². The first-order valence-corrected chi connectivity index (χ1v) is 5.42. The Balaban J connectivity index is 2.95. The van der Waals surface area contributed by atoms with Gasteiger partial charge in [0, 0.05) is 26.1 Å². The lowest BCUT2D eigenvalue weighted by Crippen LogP contribution is -2.36. The van der Waals surface area contributed by atoms with Crippen LogP contribution in [0.15, 0.2) is 18.2 Å². The van der Waals surface area contributed by atoms with Crippen molar-refractivity contribution in [2.45, 2.75) is 6.42 Å². The van der Waals surface area contributed by atoms with Gasteiger partial charge in [0.2, 0.25) is 0 Å². The molecule has 0 unspecified atom stereocenters. The van der Waals surface area contributed by atoms with Crippen molar-refractivity contribution >= 4 is 5.91 Å². The van der Waals surface area contributed by atoms with E-state index in [0.717, 1.165) is 0 Å². The minimum absolute atomic E-state index is 0.0256. The van der Waals surface area contributed by atoms with Gasteiger partial charge in [0.25, 0.3) is 5.91 Å². The summed E-state index contributed by atoms with van der Waals surface area (Å²) < 4.78 is 13.5. The van der Waals surface area contributed by atoms with Crippen molar-refractivity contribution in [2.75, 3.05) is 20.7 Å². The Morgan fingerprint density at radius 3 is 2.83 bits per heavy atom. The van der Waals surface area contributed by atoms with Crippen LogP contribution in [0.5, 0.6) is 0 Å². The zero-order chi connectivity index (χ0) is 13.5. The van der Waals surface area contributed by atoms with E-state index in [9.17, 15) is 9.18 Å². The third-order valence-electron chi connectivity index (χ3n) is 2.01. The van der Waals surface area contributed by atoms with Gasteiger partial charge in [-0.25, -0.2) is 9.40 Å². The van der Waals surface area contributed by atoms with Crippen molar-refractivity contribution in [2.24, 2.45) is 0 Å². The van der Waals surface area contributed by atoms with E-state index >= 15 is 0 Å². The third-order valence-corrected chi connectivity index (χ3v) is 2.01. The molecule has 0 fully saturated rings. The van der Waals surface area contributed by atoms with Gasteiger partial charge in [0.15, 0.2) is 0 Å². The molecule has 0 heterocycles. The lowest BCUT2D eigenvalue weighted by molar-refractivity contribution is 0.0852. The summed E-state index contributed by atoms with van der Waals surface area (Å²) in [5, 5.41) is 10.0. The number of rotatable bonds is 3. The molecule has 96 valence electrons. The second-order valence-electron chi connectivity index (χ2n) is 3.81. The SMILES string of the molecule is CN(C)NC(=O)c1cc(C#CCCO)ccc1F. The van der Waals surface area contributed by atoms with E-state index < -0.39 is 11.7 Å². The summed E-state index contributed by atoms with van der Waals surface area (Å²) in [6, 6.07) is 4.08. The quantitative estimate of drug-likeness (QED) is 0.615. The zero-order valence-corrected chi connectivity index (χ0v) is 10.3. The smallest absolute Gasteiger partial charge is 0.268 e. The first-order valence-electron chi connectivity index (χ1n) is 5.42. The van der Waals surface area contributed by atoms with Crippen LogP contribution in [0.4, 0.5) is 4.39 Å². The number of benzene rings is 1. The van der Waals surface area contributed by atoms with Crippen molar-refractivity contribution < 1.29 is 14.3 Å². The van der Waals surface area contributed by atoms with Gasteiger partial charge in [0.1, 0.15) is 5.82 Å². The van der Waals surface area contributed by atoms with Gasteiger partial charge >= 0.3 is 0 Å². The molecule has 1 aromatic carbocycles. The molecule has 0 saturated carbocycles. The molecule has 0 radical (unpaired) electrons. The highest BCUT2D eigenvalue weighted by Crippen LogP contribution is 2.10. The molecule has 0 aliphatic rings. The summed E-state index contributed by atoms with van der Waals surface area (Å²) in [6.45, 7) is -0.0256. The number of hydrogen-bond acceptors (Lipinski definition) is 3. The number of aliphatic hydroxyl groups excluding tert-OH is 1. The van der Waals surface area contributed by atoms with Gasteiger partial charge in [0.05, 0.1) is 12.2 Å². The minimum atomic E-state index is -0.595. The number of hydrazine groups is 1. The Kier molecular flexibility index (Phi) is 5.31. The van der Waals surface area contributed by atoms with Crippen LogP contribution in [0.25, 0.3) is 0 Å². The number of nitrogens with one attached hydrogen (secondary N) is 1. The molecule has 0 aliphatic carbocycles. The topological polar surface area (TPSA) is 52.6 Å². The number of amides is 1. The van der Waals surface area contributed by atoms with Crippen LogP contribution in [-0.2, 0) is 0 Å². The molecule has 2 N–H and O–H groups in total. The fourth-order valence-corrected chi connectivity index (χ4v) is 1.26. The van der Waals surface area contributed by atoms with Crippen LogP contribution in [0.1, 0.15) is 22.3 Å². The summed E-state index contributed by atoms with van der Waals surface area (Å²) in [6.07, 6.45) is 0.344. The monoisotopic (exact) mass is 250 g/mol. The molecule has 0 bridgehead atoms. The molecule has 4 nitrogen and oxygen atoms in total. The molecule has 0 spiro atoms. The normalized spacial score (nSPS) is 9.83. The van der Waals surface area contributed by atoms with Crippen LogP contribution >= 0.6 is 0 Å². The number of carbonyl (C=O) groups is 1. The molecule has 0 aliphatic heterocycles. The second kappa shape index (κ2) is 6.74. The first kappa shape index (κ1) is 14.2. The Morgan fingerprint density at radius 1 is 1.50 bits per heavy atom. The number of halogens is 1. The molecular weight excluding hydrogens is 235 g/mol. The number of hydrogen-bond donors (Lipinski definition) is 2. The minimum Gasteiger partial charge on any atom is -0.395 e. The summed E-state index contributed by atoms with van der Waals surface area (Å²) >= 11 is 0. The third kappa shape index (κ3) is 4.17. The van der Waals surface area contributed by atoms with Crippen molar-refractivity contribution in [1.82, 2.24) is 10.4 Å². The molecule has 18 heavy (non-hydrogen) atoms. The van der Waals surface area contributed by atoms with E-state index in [1.54, 1.807) is 14.1 Å². The summed E-state index contributed by atoms with van der Waals surface area (Å²) in [4.78, 5) is 11.7. The summed E-state index contributed by atoms with van der Waals surface area (Å²) in [5.41, 5.74) is 2.94. The molecule has 0 aromatic heterocycles. The van der Waals surface area contributed by atoms with E-state index in [0.29, 0.717) is 12.0 Å². The average molecular weight is 250 g/mol. The molecule has 1 rings (SSSR count). The van der Waals surface area contributed by atoms with E-state index in [-0.39, 0.29) is 12.2 Å². The maximum absolute atomic E-state index is 13.5. The number of carbonyl (C=O) groups excluding carboxylic acids is 1.